The van der Waals surface area contributed by atoms with Crippen molar-refractivity contribution in [2.24, 2.45) is 57.2 Å². The van der Waals surface area contributed by atoms with Gasteiger partial charge in [-0.15, -0.1) is 0 Å². The molecule has 0 aromatic rings. The van der Waals surface area contributed by atoms with Crippen LogP contribution in [0.4, 0.5) is 4.79 Å². The van der Waals surface area contributed by atoms with E-state index in [2.05, 4.69) is 53.4 Å². The van der Waals surface area contributed by atoms with Crippen LogP contribution in [0.25, 0.3) is 0 Å². The van der Waals surface area contributed by atoms with Crippen molar-refractivity contribution < 1.29 is 4.79 Å². The van der Waals surface area contributed by atoms with E-state index in [1.165, 1.54) is 63.4 Å². The van der Waals surface area contributed by atoms with E-state index >= 15 is 0 Å². The van der Waals surface area contributed by atoms with Crippen LogP contribution in [0.15, 0.2) is 12.2 Å². The fourth-order valence-corrected chi connectivity index (χ4v) is 11.7. The normalized spacial score (nSPS) is 50.2. The monoisotopic (exact) mass is 482 g/mol. The van der Waals surface area contributed by atoms with E-state index in [-0.39, 0.29) is 17.5 Å². The number of fused-ring (bicyclic) bond motifs is 7. The fourth-order valence-electron chi connectivity index (χ4n) is 11.7. The highest BCUT2D eigenvalue weighted by Gasteiger charge is 2.69. The largest absolute Gasteiger partial charge is 0.335 e. The Balaban J connectivity index is 1.45. The van der Waals surface area contributed by atoms with Crippen LogP contribution in [-0.2, 0) is 0 Å². The predicted octanol–water partition coefficient (Wildman–Crippen LogP) is 7.91. The van der Waals surface area contributed by atoms with Gasteiger partial charge in [0, 0.05) is 20.1 Å². The highest BCUT2D eigenvalue weighted by atomic mass is 16.2. The molecule has 5 rings (SSSR count). The number of nitrogens with zero attached hydrogens (tertiary/aromatic N) is 1. The number of rotatable bonds is 2. The maximum absolute atomic E-state index is 12.6. The number of hydrogen-bond acceptors (Lipinski definition) is 1. The number of carbonyl (C=O) groups is 1. The molecule has 1 N–H and O–H groups in total. The van der Waals surface area contributed by atoms with E-state index in [0.717, 1.165) is 36.0 Å². The molecule has 1 unspecified atom stereocenters. The Morgan fingerprint density at radius 1 is 0.829 bits per heavy atom. The summed E-state index contributed by atoms with van der Waals surface area (Å²) in [5, 5.41) is 3.41. The van der Waals surface area contributed by atoms with E-state index in [0.29, 0.717) is 22.2 Å². The van der Waals surface area contributed by atoms with Crippen molar-refractivity contribution in [2.75, 3.05) is 14.1 Å². The Kier molecular flexibility index (Phi) is 6.05. The summed E-state index contributed by atoms with van der Waals surface area (Å²) in [7, 11) is 3.72. The molecule has 0 bridgehead atoms. The first-order chi connectivity index (χ1) is 16.3. The fraction of sp³-hybridized carbons (Fsp3) is 0.906. The minimum absolute atomic E-state index is 0.0701. The number of hydrogen-bond donors (Lipinski definition) is 1. The number of urea groups is 1. The van der Waals surface area contributed by atoms with Crippen LogP contribution in [0, 0.1) is 57.2 Å². The van der Waals surface area contributed by atoms with Crippen molar-refractivity contribution in [2.45, 2.75) is 112 Å². The summed E-state index contributed by atoms with van der Waals surface area (Å²) in [6.45, 7) is 19.9. The smallest absolute Gasteiger partial charge is 0.317 e. The van der Waals surface area contributed by atoms with Crippen molar-refractivity contribution in [3.63, 3.8) is 0 Å². The molecule has 5 saturated carbocycles. The Bertz CT molecular complexity index is 877. The average Bonchev–Trinajstić information content (AvgIpc) is 3.20. The highest BCUT2D eigenvalue weighted by Crippen LogP contribution is 2.76. The zero-order chi connectivity index (χ0) is 25.6. The Labute approximate surface area is 216 Å². The van der Waals surface area contributed by atoms with Gasteiger partial charge in [0.15, 0.2) is 0 Å². The summed E-state index contributed by atoms with van der Waals surface area (Å²) in [4.78, 5) is 14.3. The third-order valence-corrected chi connectivity index (χ3v) is 13.7. The molecule has 10 atom stereocenters. The molecule has 5 aliphatic rings. The molecule has 3 nitrogen and oxygen atoms in total. The van der Waals surface area contributed by atoms with E-state index in [9.17, 15) is 4.79 Å². The first-order valence-electron chi connectivity index (χ1n) is 14.9. The van der Waals surface area contributed by atoms with Crippen molar-refractivity contribution in [1.82, 2.24) is 10.2 Å². The minimum Gasteiger partial charge on any atom is -0.335 e. The van der Waals surface area contributed by atoms with Crippen LogP contribution >= 0.6 is 0 Å². The molecule has 0 spiro atoms. The molecule has 5 fully saturated rings. The summed E-state index contributed by atoms with van der Waals surface area (Å²) >= 11 is 0. The lowest BCUT2D eigenvalue weighted by atomic mass is 9.33. The second kappa shape index (κ2) is 8.26. The summed E-state index contributed by atoms with van der Waals surface area (Å²) in [6.07, 6.45) is 13.7. The number of amides is 2. The minimum atomic E-state index is 0.0701. The highest BCUT2D eigenvalue weighted by molar-refractivity contribution is 5.74. The van der Waals surface area contributed by atoms with Crippen LogP contribution < -0.4 is 5.32 Å². The number of carbonyl (C=O) groups excluding carboxylic acids is 1. The van der Waals surface area contributed by atoms with Crippen LogP contribution in [0.2, 0.25) is 0 Å². The van der Waals surface area contributed by atoms with Gasteiger partial charge in [-0.2, -0.15) is 0 Å². The third-order valence-electron chi connectivity index (χ3n) is 13.7. The van der Waals surface area contributed by atoms with Gasteiger partial charge in [-0.25, -0.2) is 4.79 Å². The van der Waals surface area contributed by atoms with Gasteiger partial charge in [0.2, 0.25) is 0 Å². The van der Waals surface area contributed by atoms with Crippen molar-refractivity contribution in [3.05, 3.63) is 12.2 Å². The Morgan fingerprint density at radius 2 is 1.51 bits per heavy atom. The van der Waals surface area contributed by atoms with Gasteiger partial charge in [0.25, 0.3) is 0 Å². The molecule has 3 heteroatoms. The van der Waals surface area contributed by atoms with Crippen LogP contribution in [-0.4, -0.2) is 31.1 Å². The molecule has 0 saturated heterocycles. The molecule has 0 radical (unpaired) electrons. The molecule has 35 heavy (non-hydrogen) atoms. The molecule has 198 valence electrons. The molecule has 0 heterocycles. The first-order valence-corrected chi connectivity index (χ1v) is 14.9. The second-order valence-corrected chi connectivity index (χ2v) is 15.3. The topological polar surface area (TPSA) is 32.3 Å². The summed E-state index contributed by atoms with van der Waals surface area (Å²) in [5.41, 5.74) is 2.87. The van der Waals surface area contributed by atoms with Crippen LogP contribution in [0.1, 0.15) is 106 Å². The summed E-state index contributed by atoms with van der Waals surface area (Å²) in [5.74, 6) is 4.99. The summed E-state index contributed by atoms with van der Waals surface area (Å²) in [6, 6.07) is 0.345. The van der Waals surface area contributed by atoms with Crippen molar-refractivity contribution >= 4 is 6.03 Å². The predicted molar refractivity (Wildman–Crippen MR) is 146 cm³/mol. The van der Waals surface area contributed by atoms with E-state index < -0.39 is 0 Å². The molecule has 0 aromatic heterocycles. The second-order valence-electron chi connectivity index (χ2n) is 15.3. The van der Waals surface area contributed by atoms with Gasteiger partial charge in [-0.05, 0) is 128 Å². The van der Waals surface area contributed by atoms with Gasteiger partial charge >= 0.3 is 6.03 Å². The quantitative estimate of drug-likeness (QED) is 0.398. The zero-order valence-electron chi connectivity index (χ0n) is 24.2. The van der Waals surface area contributed by atoms with E-state index in [1.54, 1.807) is 4.90 Å². The van der Waals surface area contributed by atoms with Gasteiger partial charge in [-0.1, -0.05) is 46.8 Å². The first kappa shape index (κ1) is 25.7. The Hall–Kier alpha value is -0.990. The maximum Gasteiger partial charge on any atom is 0.317 e. The average molecular weight is 483 g/mol. The van der Waals surface area contributed by atoms with Gasteiger partial charge < -0.3 is 10.2 Å². The van der Waals surface area contributed by atoms with E-state index in [1.807, 2.05) is 14.1 Å². The standard InChI is InChI=1S/C32H54N2O/c1-20(2)22-11-10-21-14-18-31(6)23(27(21)22)12-13-25-30(5)17-16-26(33-28(35)34(8)9)29(3,4)24(30)15-19-32(25,31)7/h21-27H,1,10-19H2,2-9H3,(H,33,35)/t21-,22+,23-,24+,25-,26?,27-,30+,31-,32-/m1/s1. The Morgan fingerprint density at radius 3 is 2.17 bits per heavy atom. The number of allylic oxidation sites excluding steroid dienone is 1. The van der Waals surface area contributed by atoms with E-state index in [4.69, 9.17) is 0 Å². The zero-order valence-corrected chi connectivity index (χ0v) is 24.2. The lowest BCUT2D eigenvalue weighted by Crippen LogP contribution is -2.67. The lowest BCUT2D eigenvalue weighted by molar-refractivity contribution is -0.231. The van der Waals surface area contributed by atoms with Crippen molar-refractivity contribution in [3.8, 4) is 0 Å². The van der Waals surface area contributed by atoms with Gasteiger partial charge in [-0.3, -0.25) is 0 Å². The number of nitrogens with one attached hydrogen (secondary N) is 1. The molecule has 0 aliphatic heterocycles. The molecule has 5 aliphatic carbocycles. The molecular formula is C32H54N2O. The third kappa shape index (κ3) is 3.44. The molecular weight excluding hydrogens is 428 g/mol. The summed E-state index contributed by atoms with van der Waals surface area (Å²) < 4.78 is 0. The van der Waals surface area contributed by atoms with Crippen LogP contribution in [0.3, 0.4) is 0 Å². The molecule has 0 aromatic carbocycles. The SMILES string of the molecule is C=C(C)[C@@H]1CC[C@@H]2CC[C@]3(C)[C@H](CC[C@@H]4[C@@]5(C)CCC(NC(=O)N(C)C)C(C)(C)[C@@H]5CC[C@]43C)[C@H]21. The lowest BCUT2D eigenvalue weighted by Gasteiger charge is -2.72. The molecule has 2 amide bonds. The van der Waals surface area contributed by atoms with Gasteiger partial charge in [0.1, 0.15) is 0 Å². The van der Waals surface area contributed by atoms with Gasteiger partial charge in [0.05, 0.1) is 0 Å². The maximum atomic E-state index is 12.6. The van der Waals surface area contributed by atoms with Crippen molar-refractivity contribution in [1.29, 1.82) is 0 Å². The van der Waals surface area contributed by atoms with Crippen LogP contribution in [0.5, 0.6) is 0 Å².